The molecule has 0 saturated carbocycles. The molecule has 0 bridgehead atoms. The number of aliphatic carboxylic acids is 1. The molecule has 1 aromatic carbocycles. The molecule has 0 unspecified atom stereocenters. The fourth-order valence-electron chi connectivity index (χ4n) is 2.43. The van der Waals surface area contributed by atoms with E-state index in [2.05, 4.69) is 25.5 Å². The first-order chi connectivity index (χ1) is 12.8. The second-order valence-electron chi connectivity index (χ2n) is 5.78. The van der Waals surface area contributed by atoms with Gasteiger partial charge in [-0.05, 0) is 19.1 Å². The molecule has 27 heavy (non-hydrogen) atoms. The van der Waals surface area contributed by atoms with Gasteiger partial charge in [0, 0.05) is 11.8 Å². The van der Waals surface area contributed by atoms with Gasteiger partial charge < -0.3 is 20.5 Å². The number of amidine groups is 1. The lowest BCUT2D eigenvalue weighted by Gasteiger charge is -2.05. The smallest absolute Gasteiger partial charge is 0.322 e. The average Bonchev–Trinajstić information content (AvgIpc) is 3.10. The fourth-order valence-corrected chi connectivity index (χ4v) is 3.30. The number of thioether (sulfide) groups is 1. The number of carbonyl (C=O) groups excluding carboxylic acids is 2. The summed E-state index contributed by atoms with van der Waals surface area (Å²) in [5.41, 5.74) is 1.90. The summed E-state index contributed by atoms with van der Waals surface area (Å²) in [6.45, 7) is 1.39. The summed E-state index contributed by atoms with van der Waals surface area (Å²) in [6.07, 6.45) is -0.211. The van der Waals surface area contributed by atoms with Gasteiger partial charge >= 0.3 is 5.97 Å². The molecule has 1 aromatic heterocycles. The van der Waals surface area contributed by atoms with E-state index >= 15 is 0 Å². The third-order valence-electron chi connectivity index (χ3n) is 3.68. The number of carbonyl (C=O) groups is 3. The van der Waals surface area contributed by atoms with Crippen molar-refractivity contribution in [1.82, 2.24) is 10.3 Å². The zero-order chi connectivity index (χ0) is 19.6. The number of nitrogens with zero attached hydrogens (tertiary/aromatic N) is 3. The number of hydrogen-bond acceptors (Lipinski definition) is 7. The van der Waals surface area contributed by atoms with Crippen molar-refractivity contribution in [2.24, 2.45) is 15.2 Å². The van der Waals surface area contributed by atoms with Gasteiger partial charge in [-0.3, -0.25) is 14.4 Å². The molecule has 0 fully saturated rings. The number of carboxylic acid groups (broad SMARTS) is 1. The minimum Gasteiger partial charge on any atom is -0.493 e. The van der Waals surface area contributed by atoms with Gasteiger partial charge in [0.15, 0.2) is 5.69 Å². The summed E-state index contributed by atoms with van der Waals surface area (Å²) in [6, 6.07) is 5.53. The van der Waals surface area contributed by atoms with Crippen LogP contribution in [0.4, 0.5) is 5.69 Å². The van der Waals surface area contributed by atoms with E-state index in [1.165, 1.54) is 0 Å². The number of benzene rings is 1. The van der Waals surface area contributed by atoms with Gasteiger partial charge in [0.1, 0.15) is 11.8 Å². The van der Waals surface area contributed by atoms with Crippen molar-refractivity contribution in [3.63, 3.8) is 0 Å². The van der Waals surface area contributed by atoms with Crippen molar-refractivity contribution in [3.8, 4) is 5.88 Å². The summed E-state index contributed by atoms with van der Waals surface area (Å²) < 4.78 is 0. The average molecular weight is 389 g/mol. The molecule has 1 aliphatic heterocycles. The van der Waals surface area contributed by atoms with Crippen molar-refractivity contribution >= 4 is 51.3 Å². The summed E-state index contributed by atoms with van der Waals surface area (Å²) in [5, 5.41) is 28.6. The van der Waals surface area contributed by atoms with Crippen LogP contribution >= 0.6 is 11.8 Å². The van der Waals surface area contributed by atoms with Crippen molar-refractivity contribution < 1.29 is 24.6 Å². The molecule has 2 heterocycles. The van der Waals surface area contributed by atoms with Crippen LogP contribution in [0.15, 0.2) is 33.4 Å². The number of azo groups is 1. The number of rotatable bonds is 5. The van der Waals surface area contributed by atoms with Crippen LogP contribution in [0.5, 0.6) is 5.88 Å². The standard InChI is InChI=1S/C16H15N5O5S/c1-7-2-3-9-8(4-7)13(15(26)18-9)20-21-16-19-14(25)10(27-16)5-11(22)17-6-12(23)24/h2-4,10,18,26H,5-6H2,1H3,(H,17,22)(H,23,24)/t10-/m1/s1. The van der Waals surface area contributed by atoms with Gasteiger partial charge in [0.25, 0.3) is 5.91 Å². The van der Waals surface area contributed by atoms with Crippen molar-refractivity contribution in [2.45, 2.75) is 18.6 Å². The minimum atomic E-state index is -1.17. The van der Waals surface area contributed by atoms with Crippen LogP contribution in [-0.2, 0) is 14.4 Å². The number of nitrogens with one attached hydrogen (secondary N) is 2. The number of fused-ring (bicyclic) bond motifs is 1. The molecule has 0 spiro atoms. The van der Waals surface area contributed by atoms with Gasteiger partial charge in [0.2, 0.25) is 17.0 Å². The van der Waals surface area contributed by atoms with Gasteiger partial charge in [-0.15, -0.1) is 10.2 Å². The van der Waals surface area contributed by atoms with Crippen LogP contribution < -0.4 is 5.32 Å². The number of aromatic amines is 1. The zero-order valence-electron chi connectivity index (χ0n) is 14.1. The van der Waals surface area contributed by atoms with Crippen LogP contribution in [0.3, 0.4) is 0 Å². The summed E-state index contributed by atoms with van der Waals surface area (Å²) in [5.74, 6) is -2.44. The Morgan fingerprint density at radius 1 is 1.37 bits per heavy atom. The third-order valence-corrected chi connectivity index (χ3v) is 4.72. The second-order valence-corrected chi connectivity index (χ2v) is 6.95. The number of amides is 2. The van der Waals surface area contributed by atoms with Gasteiger partial charge in [-0.2, -0.15) is 4.99 Å². The first-order valence-corrected chi connectivity index (χ1v) is 8.72. The second kappa shape index (κ2) is 7.58. The lowest BCUT2D eigenvalue weighted by molar-refractivity contribution is -0.137. The zero-order valence-corrected chi connectivity index (χ0v) is 14.9. The Bertz CT molecular complexity index is 996. The van der Waals surface area contributed by atoms with Crippen LogP contribution in [-0.4, -0.2) is 49.9 Å². The van der Waals surface area contributed by atoms with Gasteiger partial charge in [-0.25, -0.2) is 0 Å². The monoisotopic (exact) mass is 389 g/mol. The summed E-state index contributed by atoms with van der Waals surface area (Å²) >= 11 is 0.958. The van der Waals surface area contributed by atoms with Gasteiger partial charge in [0.05, 0.1) is 5.52 Å². The van der Waals surface area contributed by atoms with Crippen LogP contribution in [0, 0.1) is 6.92 Å². The minimum absolute atomic E-state index is 0.0671. The number of aromatic nitrogens is 1. The maximum Gasteiger partial charge on any atom is 0.322 e. The highest BCUT2D eigenvalue weighted by atomic mass is 32.2. The molecule has 10 nitrogen and oxygen atoms in total. The Morgan fingerprint density at radius 3 is 2.89 bits per heavy atom. The van der Waals surface area contributed by atoms with Gasteiger partial charge in [-0.1, -0.05) is 23.4 Å². The number of aryl methyl sites for hydroxylation is 1. The van der Waals surface area contributed by atoms with E-state index in [-0.39, 0.29) is 23.2 Å². The number of carboxylic acids is 1. The Morgan fingerprint density at radius 2 is 2.15 bits per heavy atom. The summed E-state index contributed by atoms with van der Waals surface area (Å²) in [7, 11) is 0. The highest BCUT2D eigenvalue weighted by Gasteiger charge is 2.31. The molecule has 4 N–H and O–H groups in total. The molecule has 0 aliphatic carbocycles. The molecular formula is C16H15N5O5S. The van der Waals surface area contributed by atoms with Crippen LogP contribution in [0.2, 0.25) is 0 Å². The predicted molar refractivity (Wildman–Crippen MR) is 98.3 cm³/mol. The van der Waals surface area contributed by atoms with Crippen molar-refractivity contribution in [1.29, 1.82) is 0 Å². The third kappa shape index (κ3) is 4.31. The predicted octanol–water partition coefficient (Wildman–Crippen LogP) is 1.85. The molecule has 0 saturated heterocycles. The quantitative estimate of drug-likeness (QED) is 0.572. The lowest BCUT2D eigenvalue weighted by Crippen LogP contribution is -2.32. The number of aromatic hydroxyl groups is 1. The van der Waals surface area contributed by atoms with E-state index < -0.39 is 29.6 Å². The molecule has 11 heteroatoms. The van der Waals surface area contributed by atoms with Crippen LogP contribution in [0.25, 0.3) is 10.9 Å². The highest BCUT2D eigenvalue weighted by molar-refractivity contribution is 8.15. The molecule has 0 radical (unpaired) electrons. The Kier molecular flexibility index (Phi) is 5.21. The fraction of sp³-hybridized carbons (Fsp3) is 0.250. The van der Waals surface area contributed by atoms with Crippen molar-refractivity contribution in [2.75, 3.05) is 6.54 Å². The topological polar surface area (TPSA) is 157 Å². The van der Waals surface area contributed by atoms with E-state index in [1.54, 1.807) is 6.07 Å². The molecule has 2 aromatic rings. The molecule has 140 valence electrons. The normalized spacial score (nSPS) is 16.9. The molecule has 1 atom stereocenters. The van der Waals surface area contributed by atoms with Crippen molar-refractivity contribution in [3.05, 3.63) is 23.8 Å². The lowest BCUT2D eigenvalue weighted by atomic mass is 10.2. The Hall–Kier alpha value is -3.21. The largest absolute Gasteiger partial charge is 0.493 e. The van der Waals surface area contributed by atoms with E-state index in [9.17, 15) is 19.5 Å². The Labute approximate surface area is 156 Å². The number of H-pyrrole nitrogens is 1. The first-order valence-electron chi connectivity index (χ1n) is 7.84. The molecule has 2 amide bonds. The maximum atomic E-state index is 11.9. The molecule has 1 aliphatic rings. The van der Waals surface area contributed by atoms with E-state index in [1.807, 2.05) is 19.1 Å². The number of hydrogen-bond donors (Lipinski definition) is 4. The maximum absolute atomic E-state index is 11.9. The molecule has 3 rings (SSSR count). The van der Waals surface area contributed by atoms with E-state index in [0.717, 1.165) is 17.3 Å². The summed E-state index contributed by atoms with van der Waals surface area (Å²) in [4.78, 5) is 40.5. The SMILES string of the molecule is Cc1ccc2[nH]c(O)c(N=NC3=NC(=O)[C@@H](CC(=O)NCC(=O)O)S3)c2c1. The van der Waals surface area contributed by atoms with E-state index in [4.69, 9.17) is 5.11 Å². The Balaban J connectivity index is 1.69. The first kappa shape index (κ1) is 18.6. The van der Waals surface area contributed by atoms with E-state index in [0.29, 0.717) is 10.9 Å². The van der Waals surface area contributed by atoms with Crippen LogP contribution in [0.1, 0.15) is 12.0 Å². The molecular weight excluding hydrogens is 374 g/mol. The number of aliphatic imine (C=N–C) groups is 1. The highest BCUT2D eigenvalue weighted by Crippen LogP contribution is 2.36.